The molecule has 0 aliphatic rings. The molecule has 0 aromatic heterocycles. The molecule has 186 valence electrons. The first-order valence-corrected chi connectivity index (χ1v) is 13.4. The molecule has 6 nitrogen and oxygen atoms in total. The van der Waals surface area contributed by atoms with Crippen molar-refractivity contribution in [3.05, 3.63) is 114 Å². The summed E-state index contributed by atoms with van der Waals surface area (Å²) < 4.78 is 27.8. The van der Waals surface area contributed by atoms with Gasteiger partial charge in [-0.1, -0.05) is 84.9 Å². The molecule has 0 unspecified atom stereocenters. The van der Waals surface area contributed by atoms with Crippen molar-refractivity contribution in [1.82, 2.24) is 9.62 Å². The third-order valence-electron chi connectivity index (χ3n) is 6.39. The molecule has 1 amide bonds. The van der Waals surface area contributed by atoms with Crippen LogP contribution in [0.15, 0.2) is 97.1 Å². The van der Waals surface area contributed by atoms with Gasteiger partial charge in [-0.25, -0.2) is 8.42 Å². The normalized spacial score (nSPS) is 13.4. The number of hydrogen-bond donors (Lipinski definition) is 2. The molecule has 0 saturated carbocycles. The topological polar surface area (TPSA) is 86.7 Å². The van der Waals surface area contributed by atoms with Gasteiger partial charge in [-0.3, -0.25) is 4.79 Å². The lowest BCUT2D eigenvalue weighted by Crippen LogP contribution is -2.49. The zero-order chi connectivity index (χ0) is 25.7. The fraction of sp³-hybridized carbons (Fsp3) is 0.207. The van der Waals surface area contributed by atoms with Gasteiger partial charge in [0.25, 0.3) is 0 Å². The number of sulfonamides is 1. The summed E-state index contributed by atoms with van der Waals surface area (Å²) in [6.07, 6.45) is 0.166. The zero-order valence-electron chi connectivity index (χ0n) is 20.3. The molecule has 4 aromatic rings. The Morgan fingerprint density at radius 1 is 0.861 bits per heavy atom. The molecule has 0 fully saturated rings. The van der Waals surface area contributed by atoms with E-state index in [9.17, 15) is 18.3 Å². The van der Waals surface area contributed by atoms with Gasteiger partial charge in [-0.15, -0.1) is 0 Å². The van der Waals surface area contributed by atoms with Crippen LogP contribution in [0.3, 0.4) is 0 Å². The molecule has 0 saturated heterocycles. The van der Waals surface area contributed by atoms with E-state index in [2.05, 4.69) is 5.32 Å². The van der Waals surface area contributed by atoms with Gasteiger partial charge in [-0.2, -0.15) is 4.31 Å². The van der Waals surface area contributed by atoms with Crippen LogP contribution in [0.4, 0.5) is 0 Å². The Bertz CT molecular complexity index is 1430. The summed E-state index contributed by atoms with van der Waals surface area (Å²) in [5.74, 6) is -0.486. The number of rotatable bonds is 9. The quantitative estimate of drug-likeness (QED) is 0.344. The predicted molar refractivity (Wildman–Crippen MR) is 143 cm³/mol. The molecule has 4 rings (SSSR count). The van der Waals surface area contributed by atoms with E-state index in [1.807, 2.05) is 55.5 Å². The number of benzene rings is 4. The standard InChI is InChI=1S/C29H30N2O4S/c1-21(26-14-8-12-24-11-6-7-13-27(24)26)30-29(33)28(19-22-15-17-25(32)18-16-22)31(2)36(34,35)20-23-9-4-3-5-10-23/h3-18,21,28,32H,19-20H2,1-2H3,(H,30,33)/t21-,28-/m0/s1. The molecule has 2 atom stereocenters. The van der Waals surface area contributed by atoms with Crippen molar-refractivity contribution < 1.29 is 18.3 Å². The fourth-order valence-corrected chi connectivity index (χ4v) is 5.71. The first kappa shape index (κ1) is 25.4. The van der Waals surface area contributed by atoms with Gasteiger partial charge in [-0.05, 0) is 52.9 Å². The van der Waals surface area contributed by atoms with E-state index in [-0.39, 0.29) is 29.9 Å². The van der Waals surface area contributed by atoms with E-state index in [0.717, 1.165) is 26.2 Å². The summed E-state index contributed by atoms with van der Waals surface area (Å²) in [6, 6.07) is 27.9. The number of nitrogens with zero attached hydrogens (tertiary/aromatic N) is 1. The molecular weight excluding hydrogens is 472 g/mol. The lowest BCUT2D eigenvalue weighted by Gasteiger charge is -2.28. The monoisotopic (exact) mass is 502 g/mol. The number of amides is 1. The summed E-state index contributed by atoms with van der Waals surface area (Å²) >= 11 is 0. The molecule has 0 aliphatic carbocycles. The van der Waals surface area contributed by atoms with Crippen LogP contribution < -0.4 is 5.32 Å². The Balaban J connectivity index is 1.61. The average molecular weight is 503 g/mol. The smallest absolute Gasteiger partial charge is 0.239 e. The lowest BCUT2D eigenvalue weighted by atomic mass is 9.99. The van der Waals surface area contributed by atoms with E-state index in [1.165, 1.54) is 19.2 Å². The number of carbonyl (C=O) groups excluding carboxylic acids is 1. The van der Waals surface area contributed by atoms with Crippen LogP contribution in [0.5, 0.6) is 5.75 Å². The molecule has 4 aromatic carbocycles. The highest BCUT2D eigenvalue weighted by Gasteiger charge is 2.33. The van der Waals surface area contributed by atoms with E-state index >= 15 is 0 Å². The number of nitrogens with one attached hydrogen (secondary N) is 1. The molecule has 36 heavy (non-hydrogen) atoms. The first-order valence-electron chi connectivity index (χ1n) is 11.8. The van der Waals surface area contributed by atoms with Gasteiger partial charge in [0.05, 0.1) is 11.8 Å². The van der Waals surface area contributed by atoms with Crippen molar-refractivity contribution in [2.24, 2.45) is 0 Å². The Labute approximate surface area is 212 Å². The van der Waals surface area contributed by atoms with Crippen LogP contribution in [0.2, 0.25) is 0 Å². The summed E-state index contributed by atoms with van der Waals surface area (Å²) in [7, 11) is -2.35. The Hall–Kier alpha value is -3.68. The third-order valence-corrected chi connectivity index (χ3v) is 8.22. The second-order valence-electron chi connectivity index (χ2n) is 8.94. The Morgan fingerprint density at radius 3 is 2.22 bits per heavy atom. The van der Waals surface area contributed by atoms with E-state index in [1.54, 1.807) is 36.4 Å². The highest BCUT2D eigenvalue weighted by molar-refractivity contribution is 7.88. The van der Waals surface area contributed by atoms with Gasteiger partial charge in [0.15, 0.2) is 0 Å². The van der Waals surface area contributed by atoms with E-state index < -0.39 is 16.1 Å². The first-order chi connectivity index (χ1) is 17.2. The second-order valence-corrected chi connectivity index (χ2v) is 11.0. The highest BCUT2D eigenvalue weighted by Crippen LogP contribution is 2.25. The number of fused-ring (bicyclic) bond motifs is 1. The minimum absolute atomic E-state index is 0.106. The molecule has 0 spiro atoms. The molecule has 0 heterocycles. The maximum absolute atomic E-state index is 13.6. The largest absolute Gasteiger partial charge is 0.508 e. The number of aromatic hydroxyl groups is 1. The minimum atomic E-state index is -3.80. The van der Waals surface area contributed by atoms with Crippen LogP contribution in [0, 0.1) is 0 Å². The third kappa shape index (κ3) is 5.93. The predicted octanol–water partition coefficient (Wildman–Crippen LogP) is 4.80. The van der Waals surface area contributed by atoms with Crippen LogP contribution in [-0.2, 0) is 27.0 Å². The molecule has 0 aliphatic heterocycles. The molecular formula is C29H30N2O4S. The van der Waals surface area contributed by atoms with E-state index in [4.69, 9.17) is 0 Å². The number of carbonyl (C=O) groups is 1. The maximum Gasteiger partial charge on any atom is 0.239 e. The molecule has 0 bridgehead atoms. The summed E-state index contributed by atoms with van der Waals surface area (Å²) in [5, 5.41) is 14.8. The van der Waals surface area contributed by atoms with Crippen molar-refractivity contribution in [2.75, 3.05) is 7.05 Å². The number of phenolic OH excluding ortho intramolecular Hbond substituents is 1. The summed E-state index contributed by atoms with van der Waals surface area (Å²) in [6.45, 7) is 1.90. The van der Waals surface area contributed by atoms with Crippen LogP contribution in [-0.4, -0.2) is 36.8 Å². The van der Waals surface area contributed by atoms with Crippen molar-refractivity contribution in [2.45, 2.75) is 31.2 Å². The fourth-order valence-electron chi connectivity index (χ4n) is 4.34. The van der Waals surface area contributed by atoms with Crippen molar-refractivity contribution in [3.63, 3.8) is 0 Å². The Morgan fingerprint density at radius 2 is 1.50 bits per heavy atom. The summed E-state index contributed by atoms with van der Waals surface area (Å²) in [4.78, 5) is 13.6. The summed E-state index contributed by atoms with van der Waals surface area (Å²) in [5.41, 5.74) is 2.35. The minimum Gasteiger partial charge on any atom is -0.508 e. The number of likely N-dealkylation sites (N-methyl/N-ethyl adjacent to an activating group) is 1. The van der Waals surface area contributed by atoms with Gasteiger partial charge < -0.3 is 10.4 Å². The van der Waals surface area contributed by atoms with Gasteiger partial charge in [0.2, 0.25) is 15.9 Å². The zero-order valence-corrected chi connectivity index (χ0v) is 21.2. The van der Waals surface area contributed by atoms with Gasteiger partial charge >= 0.3 is 0 Å². The molecule has 7 heteroatoms. The van der Waals surface area contributed by atoms with Crippen LogP contribution in [0.1, 0.15) is 29.7 Å². The van der Waals surface area contributed by atoms with Gasteiger partial charge in [0, 0.05) is 7.05 Å². The van der Waals surface area contributed by atoms with Crippen molar-refractivity contribution in [1.29, 1.82) is 0 Å². The van der Waals surface area contributed by atoms with Crippen LogP contribution >= 0.6 is 0 Å². The SMILES string of the molecule is C[C@H](NC(=O)[C@H](Cc1ccc(O)cc1)N(C)S(=O)(=O)Cc1ccccc1)c1cccc2ccccc12. The van der Waals surface area contributed by atoms with Crippen molar-refractivity contribution in [3.8, 4) is 5.75 Å². The molecule has 2 N–H and O–H groups in total. The second kappa shape index (κ2) is 10.9. The van der Waals surface area contributed by atoms with E-state index in [0.29, 0.717) is 5.56 Å². The maximum atomic E-state index is 13.6. The van der Waals surface area contributed by atoms with Gasteiger partial charge in [0.1, 0.15) is 11.8 Å². The number of hydrogen-bond acceptors (Lipinski definition) is 4. The lowest BCUT2D eigenvalue weighted by molar-refractivity contribution is -0.125. The molecule has 0 radical (unpaired) electrons. The highest BCUT2D eigenvalue weighted by atomic mass is 32.2. The number of phenols is 1. The van der Waals surface area contributed by atoms with Crippen molar-refractivity contribution >= 4 is 26.7 Å². The average Bonchev–Trinajstić information content (AvgIpc) is 2.87. The van der Waals surface area contributed by atoms with Crippen LogP contribution in [0.25, 0.3) is 10.8 Å². The Kier molecular flexibility index (Phi) is 7.72.